The highest BCUT2D eigenvalue weighted by Gasteiger charge is 2.57. The molecular formula is C34H30ClN5O6S2. The summed E-state index contributed by atoms with van der Waals surface area (Å²) in [5.74, 6) is -3.18. The first-order valence-corrected chi connectivity index (χ1v) is 17.7. The lowest BCUT2D eigenvalue weighted by Crippen LogP contribution is -2.74. The van der Waals surface area contributed by atoms with Crippen molar-refractivity contribution in [3.8, 4) is 0 Å². The van der Waals surface area contributed by atoms with Crippen molar-refractivity contribution in [2.75, 3.05) is 23.6 Å². The van der Waals surface area contributed by atoms with Gasteiger partial charge in [-0.2, -0.15) is 0 Å². The maximum Gasteiger partial charge on any atom is 0.352 e. The van der Waals surface area contributed by atoms with Gasteiger partial charge in [0.2, 0.25) is 0 Å². The second kappa shape index (κ2) is 14.1. The van der Waals surface area contributed by atoms with Gasteiger partial charge in [0, 0.05) is 11.3 Å². The molecule has 4 aromatic rings. The molecule has 0 bridgehead atoms. The van der Waals surface area contributed by atoms with Crippen LogP contribution in [0.2, 0.25) is 0 Å². The number of aromatic nitrogens is 1. The molecule has 14 heteroatoms. The summed E-state index contributed by atoms with van der Waals surface area (Å²) >= 11 is 7.15. The zero-order valence-corrected chi connectivity index (χ0v) is 27.9. The van der Waals surface area contributed by atoms with E-state index in [1.54, 1.807) is 12.3 Å². The molecule has 6 rings (SSSR count). The number of halogens is 1. The molecule has 2 aliphatic heterocycles. The fourth-order valence-corrected chi connectivity index (χ4v) is 8.65. The van der Waals surface area contributed by atoms with Gasteiger partial charge < -0.3 is 20.6 Å². The van der Waals surface area contributed by atoms with E-state index in [2.05, 4.69) is 15.8 Å². The Bertz CT molecular complexity index is 1820. The van der Waals surface area contributed by atoms with E-state index >= 15 is 0 Å². The van der Waals surface area contributed by atoms with Crippen LogP contribution in [-0.4, -0.2) is 72.4 Å². The topological polar surface area (TPSA) is 150 Å². The van der Waals surface area contributed by atoms with Crippen molar-refractivity contribution in [2.45, 2.75) is 23.9 Å². The molecule has 2 aliphatic rings. The molecule has 1 saturated heterocycles. The van der Waals surface area contributed by atoms with E-state index in [9.17, 15) is 23.7 Å². The number of benzene rings is 3. The third kappa shape index (κ3) is 6.00. The molecular weight excluding hydrogens is 674 g/mol. The second-order valence-corrected chi connectivity index (χ2v) is 13.5. The highest BCUT2D eigenvalue weighted by Crippen LogP contribution is 2.41. The molecule has 2 unspecified atom stereocenters. The molecule has 48 heavy (non-hydrogen) atoms. The number of amides is 2. The Morgan fingerprint density at radius 3 is 2.10 bits per heavy atom. The summed E-state index contributed by atoms with van der Waals surface area (Å²) in [4.78, 5) is 49.7. The Hall–Kier alpha value is -4.85. The molecule has 246 valence electrons. The standard InChI is InChI=1S/C34H30ClN5O6S2/c1-2-46-39-26(29(41)37-27-30(42)40-28(32(43)44)21(18-35)20-48(45)31(27)40)25-19-47-33(36-25)38-34(22-12-6-3-7-13-22,23-14-8-4-9-15-23)24-16-10-5-11-17-24/h3-17,19,27,31H,2,18,20H2,1H3,(H,36,38)(H,37,41)(H,43,44)/b39-26-/t27?,31-,48?/m1/s1. The normalized spacial score (nSPS) is 19.3. The predicted octanol–water partition coefficient (Wildman–Crippen LogP) is 4.28. The van der Waals surface area contributed by atoms with Crippen molar-refractivity contribution < 1.29 is 28.5 Å². The summed E-state index contributed by atoms with van der Waals surface area (Å²) in [7, 11) is -1.70. The Morgan fingerprint density at radius 2 is 1.60 bits per heavy atom. The van der Waals surface area contributed by atoms with E-state index in [4.69, 9.17) is 21.4 Å². The maximum absolute atomic E-state index is 13.7. The fraction of sp³-hybridized carbons (Fsp3) is 0.206. The van der Waals surface area contributed by atoms with Crippen molar-refractivity contribution in [1.82, 2.24) is 15.2 Å². The summed E-state index contributed by atoms with van der Waals surface area (Å²) < 4.78 is 13.0. The van der Waals surface area contributed by atoms with Gasteiger partial charge in [0.25, 0.3) is 11.8 Å². The number of nitrogens with zero attached hydrogens (tertiary/aromatic N) is 3. The van der Waals surface area contributed by atoms with Gasteiger partial charge in [-0.1, -0.05) is 96.2 Å². The Kier molecular flexibility index (Phi) is 9.71. The third-order valence-corrected chi connectivity index (χ3v) is 10.8. The summed E-state index contributed by atoms with van der Waals surface area (Å²) in [5.41, 5.74) is 1.87. The van der Waals surface area contributed by atoms with Gasteiger partial charge in [-0.15, -0.1) is 22.9 Å². The monoisotopic (exact) mass is 703 g/mol. The number of anilines is 1. The van der Waals surface area contributed by atoms with Crippen LogP contribution in [0.3, 0.4) is 0 Å². The number of carboxylic acids is 1. The first-order valence-electron chi connectivity index (χ1n) is 14.9. The number of carbonyl (C=O) groups excluding carboxylic acids is 2. The minimum Gasteiger partial charge on any atom is -0.477 e. The van der Waals surface area contributed by atoms with Gasteiger partial charge in [-0.05, 0) is 29.2 Å². The van der Waals surface area contributed by atoms with Crippen LogP contribution in [0.1, 0.15) is 29.3 Å². The molecule has 0 aliphatic carbocycles. The fourth-order valence-electron chi connectivity index (χ4n) is 5.88. The molecule has 3 atom stereocenters. The van der Waals surface area contributed by atoms with Crippen LogP contribution < -0.4 is 10.6 Å². The molecule has 3 aromatic carbocycles. The molecule has 11 nitrogen and oxygen atoms in total. The van der Waals surface area contributed by atoms with Crippen molar-refractivity contribution in [3.05, 3.63) is 130 Å². The van der Waals surface area contributed by atoms with Gasteiger partial charge in [-0.25, -0.2) is 9.78 Å². The zero-order valence-electron chi connectivity index (χ0n) is 25.5. The first kappa shape index (κ1) is 33.1. The van der Waals surface area contributed by atoms with Crippen LogP contribution in [0.25, 0.3) is 0 Å². The molecule has 1 aromatic heterocycles. The van der Waals surface area contributed by atoms with Crippen molar-refractivity contribution in [2.24, 2.45) is 5.16 Å². The minimum absolute atomic E-state index is 0.126. The van der Waals surface area contributed by atoms with Crippen LogP contribution in [0.15, 0.2) is 113 Å². The van der Waals surface area contributed by atoms with E-state index in [0.29, 0.717) is 5.13 Å². The largest absolute Gasteiger partial charge is 0.477 e. The number of hydrogen-bond donors (Lipinski definition) is 3. The van der Waals surface area contributed by atoms with Crippen LogP contribution in [0.4, 0.5) is 5.13 Å². The number of oxime groups is 1. The van der Waals surface area contributed by atoms with Crippen molar-refractivity contribution in [1.29, 1.82) is 0 Å². The zero-order chi connectivity index (χ0) is 33.8. The van der Waals surface area contributed by atoms with E-state index in [0.717, 1.165) is 21.6 Å². The van der Waals surface area contributed by atoms with Crippen LogP contribution in [0.5, 0.6) is 0 Å². The highest BCUT2D eigenvalue weighted by molar-refractivity contribution is 7.86. The number of thiazole rings is 1. The van der Waals surface area contributed by atoms with E-state index in [-0.39, 0.29) is 40.9 Å². The third-order valence-electron chi connectivity index (χ3n) is 8.02. The van der Waals surface area contributed by atoms with E-state index < -0.39 is 45.5 Å². The summed E-state index contributed by atoms with van der Waals surface area (Å²) in [6.45, 7) is 1.86. The van der Waals surface area contributed by atoms with Gasteiger partial charge in [0.15, 0.2) is 10.8 Å². The summed E-state index contributed by atoms with van der Waals surface area (Å²) in [6.07, 6.45) is 0. The number of β-lactam (4-membered cyclic amide) rings is 1. The number of aliphatic carboxylic acids is 1. The molecule has 0 saturated carbocycles. The number of carbonyl (C=O) groups is 3. The molecule has 0 radical (unpaired) electrons. The number of carboxylic acid groups (broad SMARTS) is 1. The minimum atomic E-state index is -1.70. The lowest BCUT2D eigenvalue weighted by Gasteiger charge is -2.48. The number of rotatable bonds is 12. The van der Waals surface area contributed by atoms with Gasteiger partial charge in [0.1, 0.15) is 35.0 Å². The van der Waals surface area contributed by atoms with Crippen LogP contribution in [0, 0.1) is 0 Å². The number of fused-ring (bicyclic) bond motifs is 1. The van der Waals surface area contributed by atoms with E-state index in [1.807, 2.05) is 91.0 Å². The molecule has 0 spiro atoms. The van der Waals surface area contributed by atoms with Crippen LogP contribution >= 0.6 is 22.9 Å². The average molecular weight is 704 g/mol. The van der Waals surface area contributed by atoms with Crippen molar-refractivity contribution in [3.63, 3.8) is 0 Å². The highest BCUT2D eigenvalue weighted by atomic mass is 35.5. The van der Waals surface area contributed by atoms with Gasteiger partial charge >= 0.3 is 5.97 Å². The molecule has 1 fully saturated rings. The quantitative estimate of drug-likeness (QED) is 0.0651. The average Bonchev–Trinajstić information content (AvgIpc) is 3.58. The summed E-state index contributed by atoms with van der Waals surface area (Å²) in [6, 6.07) is 28.6. The van der Waals surface area contributed by atoms with Gasteiger partial charge in [-0.3, -0.25) is 18.7 Å². The Morgan fingerprint density at radius 1 is 1.04 bits per heavy atom. The van der Waals surface area contributed by atoms with Crippen LogP contribution in [-0.2, 0) is 35.6 Å². The summed E-state index contributed by atoms with van der Waals surface area (Å²) in [5, 5.41) is 21.1. The molecule has 2 amide bonds. The number of nitrogens with one attached hydrogen (secondary N) is 2. The predicted molar refractivity (Wildman–Crippen MR) is 184 cm³/mol. The molecule has 3 heterocycles. The second-order valence-electron chi connectivity index (χ2n) is 10.8. The molecule has 3 N–H and O–H groups in total. The number of hydrogen-bond acceptors (Lipinski definition) is 9. The van der Waals surface area contributed by atoms with Gasteiger partial charge in [0.05, 0.1) is 16.6 Å². The Balaban J connectivity index is 1.33. The maximum atomic E-state index is 13.7. The lowest BCUT2D eigenvalue weighted by atomic mass is 9.77. The van der Waals surface area contributed by atoms with Crippen molar-refractivity contribution >= 4 is 62.4 Å². The SMILES string of the molecule is CCO/N=C(\C(=O)NC1C(=O)N2C(C(=O)O)=C(CCl)CS(=O)[C@H]12)c1csc(NC(c2ccccc2)(c2ccccc2)c2ccccc2)n1. The Labute approximate surface area is 287 Å². The smallest absolute Gasteiger partial charge is 0.352 e. The number of alkyl halides is 1. The first-order chi connectivity index (χ1) is 23.3. The van der Waals surface area contributed by atoms with E-state index in [1.165, 1.54) is 11.3 Å². The lowest BCUT2D eigenvalue weighted by molar-refractivity contribution is -0.150.